The lowest BCUT2D eigenvalue weighted by atomic mass is 9.95. The summed E-state index contributed by atoms with van der Waals surface area (Å²) in [6.07, 6.45) is 5.25. The molecule has 2 aromatic carbocycles. The van der Waals surface area contributed by atoms with Crippen LogP contribution < -0.4 is 5.32 Å². The minimum absolute atomic E-state index is 0.0494. The van der Waals surface area contributed by atoms with Crippen molar-refractivity contribution in [1.29, 1.82) is 0 Å². The fourth-order valence-corrected chi connectivity index (χ4v) is 5.76. The van der Waals surface area contributed by atoms with Crippen molar-refractivity contribution in [2.24, 2.45) is 0 Å². The molecule has 1 saturated carbocycles. The summed E-state index contributed by atoms with van der Waals surface area (Å²) in [7, 11) is 0. The van der Waals surface area contributed by atoms with Crippen LogP contribution in [0.25, 0.3) is 0 Å². The SMILES string of the molecule is C[C@H](C(=O)NC1CCCCC1)N(Cc1c(Cl)cccc1Cl)C(=O)CSCc1c(F)cccc1Cl. The molecular formula is C25H28Cl3FN2O2S. The zero-order valence-corrected chi connectivity index (χ0v) is 22.0. The molecule has 0 aromatic heterocycles. The third kappa shape index (κ3) is 7.27. The van der Waals surface area contributed by atoms with E-state index in [-0.39, 0.29) is 35.9 Å². The van der Waals surface area contributed by atoms with E-state index in [1.807, 2.05) is 0 Å². The predicted molar refractivity (Wildman–Crippen MR) is 139 cm³/mol. The van der Waals surface area contributed by atoms with Crippen LogP contribution in [0, 0.1) is 5.82 Å². The van der Waals surface area contributed by atoms with E-state index in [1.165, 1.54) is 29.1 Å². The number of halogens is 4. The van der Waals surface area contributed by atoms with E-state index in [0.717, 1.165) is 25.7 Å². The molecule has 0 unspecified atom stereocenters. The van der Waals surface area contributed by atoms with Crippen LogP contribution in [0.4, 0.5) is 4.39 Å². The Hall–Kier alpha value is -1.47. The van der Waals surface area contributed by atoms with Crippen molar-refractivity contribution in [3.8, 4) is 0 Å². The molecule has 3 rings (SSSR count). The highest BCUT2D eigenvalue weighted by Gasteiger charge is 2.29. The van der Waals surface area contributed by atoms with Gasteiger partial charge in [-0.2, -0.15) is 0 Å². The van der Waals surface area contributed by atoms with E-state index in [1.54, 1.807) is 37.3 Å². The molecule has 0 bridgehead atoms. The van der Waals surface area contributed by atoms with E-state index in [2.05, 4.69) is 5.32 Å². The van der Waals surface area contributed by atoms with Crippen LogP contribution in [0.2, 0.25) is 15.1 Å². The molecule has 0 heterocycles. The maximum atomic E-state index is 14.1. The fraction of sp³-hybridized carbons (Fsp3) is 0.440. The first kappa shape index (κ1) is 27.1. The van der Waals surface area contributed by atoms with Gasteiger partial charge in [-0.3, -0.25) is 9.59 Å². The van der Waals surface area contributed by atoms with Crippen molar-refractivity contribution in [3.05, 3.63) is 68.4 Å². The summed E-state index contributed by atoms with van der Waals surface area (Å²) in [6, 6.07) is 9.03. The molecule has 1 N–H and O–H groups in total. The first-order valence-corrected chi connectivity index (χ1v) is 13.6. The third-order valence-corrected chi connectivity index (χ3v) is 8.05. The van der Waals surface area contributed by atoms with Gasteiger partial charge in [0.1, 0.15) is 11.9 Å². The molecule has 0 saturated heterocycles. The number of thioether (sulfide) groups is 1. The number of nitrogens with one attached hydrogen (secondary N) is 1. The highest BCUT2D eigenvalue weighted by molar-refractivity contribution is 7.99. The lowest BCUT2D eigenvalue weighted by Gasteiger charge is -2.31. The van der Waals surface area contributed by atoms with Gasteiger partial charge >= 0.3 is 0 Å². The molecule has 1 fully saturated rings. The average Bonchev–Trinajstić information content (AvgIpc) is 2.81. The lowest BCUT2D eigenvalue weighted by molar-refractivity contribution is -0.139. The summed E-state index contributed by atoms with van der Waals surface area (Å²) in [5, 5.41) is 4.27. The van der Waals surface area contributed by atoms with Crippen molar-refractivity contribution in [3.63, 3.8) is 0 Å². The second-order valence-electron chi connectivity index (χ2n) is 8.43. The van der Waals surface area contributed by atoms with Crippen molar-refractivity contribution in [2.75, 3.05) is 5.75 Å². The second-order valence-corrected chi connectivity index (χ2v) is 10.6. The minimum atomic E-state index is -0.723. The van der Waals surface area contributed by atoms with E-state index in [4.69, 9.17) is 34.8 Å². The predicted octanol–water partition coefficient (Wildman–Crippen LogP) is 6.89. The number of benzene rings is 2. The number of nitrogens with zero attached hydrogens (tertiary/aromatic N) is 1. The third-order valence-electron chi connectivity index (χ3n) is 6.04. The molecule has 1 aliphatic carbocycles. The molecule has 184 valence electrons. The van der Waals surface area contributed by atoms with Crippen LogP contribution in [-0.4, -0.2) is 34.6 Å². The zero-order valence-electron chi connectivity index (χ0n) is 19.0. The molecule has 0 radical (unpaired) electrons. The Morgan fingerprint density at radius 1 is 1.03 bits per heavy atom. The molecule has 1 aliphatic rings. The molecule has 9 heteroatoms. The van der Waals surface area contributed by atoms with E-state index >= 15 is 0 Å². The highest BCUT2D eigenvalue weighted by atomic mass is 35.5. The van der Waals surface area contributed by atoms with Gasteiger partial charge in [0.25, 0.3) is 0 Å². The van der Waals surface area contributed by atoms with Gasteiger partial charge in [-0.25, -0.2) is 4.39 Å². The molecular weight excluding hydrogens is 518 g/mol. The minimum Gasteiger partial charge on any atom is -0.352 e. The smallest absolute Gasteiger partial charge is 0.242 e. The number of carbonyl (C=O) groups is 2. The summed E-state index contributed by atoms with van der Waals surface area (Å²) < 4.78 is 14.1. The van der Waals surface area contributed by atoms with Crippen LogP contribution in [0.15, 0.2) is 36.4 Å². The molecule has 2 amide bonds. The lowest BCUT2D eigenvalue weighted by Crippen LogP contribution is -2.50. The monoisotopic (exact) mass is 544 g/mol. The second kappa shape index (κ2) is 13.0. The summed E-state index contributed by atoms with van der Waals surface area (Å²) in [5.41, 5.74) is 0.935. The van der Waals surface area contributed by atoms with E-state index < -0.39 is 11.9 Å². The van der Waals surface area contributed by atoms with Crippen molar-refractivity contribution < 1.29 is 14.0 Å². The summed E-state index contributed by atoms with van der Waals surface area (Å²) in [4.78, 5) is 27.8. The molecule has 1 atom stereocenters. The highest BCUT2D eigenvalue weighted by Crippen LogP contribution is 2.28. The van der Waals surface area contributed by atoms with Crippen molar-refractivity contribution in [1.82, 2.24) is 10.2 Å². The first-order chi connectivity index (χ1) is 16.3. The van der Waals surface area contributed by atoms with Gasteiger partial charge in [-0.15, -0.1) is 11.8 Å². The Balaban J connectivity index is 1.73. The maximum absolute atomic E-state index is 14.1. The fourth-order valence-electron chi connectivity index (χ4n) is 4.00. The number of hydrogen-bond donors (Lipinski definition) is 1. The Kier molecular flexibility index (Phi) is 10.4. The number of rotatable bonds is 9. The van der Waals surface area contributed by atoms with Gasteiger partial charge in [0, 0.05) is 44.5 Å². The number of carbonyl (C=O) groups excluding carboxylic acids is 2. The van der Waals surface area contributed by atoms with Gasteiger partial charge in [0.15, 0.2) is 0 Å². The van der Waals surface area contributed by atoms with Crippen molar-refractivity contribution in [2.45, 2.75) is 63.4 Å². The van der Waals surface area contributed by atoms with Crippen LogP contribution in [0.5, 0.6) is 0 Å². The standard InChI is InChI=1S/C25H28Cl3FN2O2S/c1-16(25(33)30-17-7-3-2-4-8-17)31(13-18-20(26)9-5-10-21(18)27)24(32)15-34-14-19-22(28)11-6-12-23(19)29/h5-6,9-12,16-17H,2-4,7-8,13-15H2,1H3,(H,30,33)/t16-/m1/s1. The average molecular weight is 546 g/mol. The normalized spacial score (nSPS) is 15.1. The first-order valence-electron chi connectivity index (χ1n) is 11.3. The summed E-state index contributed by atoms with van der Waals surface area (Å²) >= 11 is 20.1. The van der Waals surface area contributed by atoms with Crippen LogP contribution in [0.3, 0.4) is 0 Å². The maximum Gasteiger partial charge on any atom is 0.242 e. The van der Waals surface area contributed by atoms with Gasteiger partial charge in [-0.1, -0.05) is 66.2 Å². The van der Waals surface area contributed by atoms with E-state index in [0.29, 0.717) is 26.2 Å². The molecule has 0 spiro atoms. The largest absolute Gasteiger partial charge is 0.352 e. The number of hydrogen-bond acceptors (Lipinski definition) is 3. The van der Waals surface area contributed by atoms with Crippen LogP contribution in [-0.2, 0) is 21.9 Å². The Bertz CT molecular complexity index is 977. The molecule has 4 nitrogen and oxygen atoms in total. The zero-order chi connectivity index (χ0) is 24.7. The van der Waals surface area contributed by atoms with Gasteiger partial charge in [0.2, 0.25) is 11.8 Å². The molecule has 0 aliphatic heterocycles. The van der Waals surface area contributed by atoms with Gasteiger partial charge in [0.05, 0.1) is 5.75 Å². The van der Waals surface area contributed by atoms with E-state index in [9.17, 15) is 14.0 Å². The summed E-state index contributed by atoms with van der Waals surface area (Å²) in [6.45, 7) is 1.80. The van der Waals surface area contributed by atoms with Crippen LogP contribution >= 0.6 is 46.6 Å². The van der Waals surface area contributed by atoms with Crippen LogP contribution in [0.1, 0.15) is 50.2 Å². The molecule has 34 heavy (non-hydrogen) atoms. The quantitative estimate of drug-likeness (QED) is 0.373. The summed E-state index contributed by atoms with van der Waals surface area (Å²) in [5.74, 6) is -0.591. The van der Waals surface area contributed by atoms with Gasteiger partial charge in [-0.05, 0) is 44.0 Å². The Morgan fingerprint density at radius 2 is 1.62 bits per heavy atom. The molecule has 2 aromatic rings. The Labute approximate surface area is 219 Å². The Morgan fingerprint density at radius 3 is 2.24 bits per heavy atom. The van der Waals surface area contributed by atoms with Gasteiger partial charge < -0.3 is 10.2 Å². The van der Waals surface area contributed by atoms with Crippen molar-refractivity contribution >= 4 is 58.4 Å². The topological polar surface area (TPSA) is 49.4 Å². The number of amides is 2.